The van der Waals surface area contributed by atoms with Crippen LogP contribution in [0.25, 0.3) is 22.2 Å². The maximum Gasteiger partial charge on any atom is 0.323 e. The number of benzene rings is 2. The van der Waals surface area contributed by atoms with Crippen molar-refractivity contribution in [2.45, 2.75) is 58.4 Å². The van der Waals surface area contributed by atoms with Gasteiger partial charge in [-0.15, -0.1) is 11.3 Å². The number of ether oxygens (including phenoxy) is 2. The Morgan fingerprint density at radius 2 is 1.85 bits per heavy atom. The molecule has 0 bridgehead atoms. The molecule has 0 atom stereocenters. The van der Waals surface area contributed by atoms with Crippen LogP contribution in [-0.4, -0.2) is 40.8 Å². The number of halogens is 1. The van der Waals surface area contributed by atoms with Crippen molar-refractivity contribution in [1.29, 1.82) is 0 Å². The van der Waals surface area contributed by atoms with Gasteiger partial charge in [0.15, 0.2) is 5.13 Å². The summed E-state index contributed by atoms with van der Waals surface area (Å²) in [5.41, 5.74) is 3.43. The molecule has 10 heteroatoms. The van der Waals surface area contributed by atoms with Gasteiger partial charge in [-0.2, -0.15) is 0 Å². The Kier molecular flexibility index (Phi) is 8.85. The van der Waals surface area contributed by atoms with E-state index in [4.69, 9.17) is 26.1 Å². The number of methoxy groups -OCH3 is 2. The van der Waals surface area contributed by atoms with Crippen LogP contribution in [0.2, 0.25) is 5.02 Å². The molecule has 2 aromatic carbocycles. The number of aliphatic carboxylic acids is 1. The predicted octanol–water partition coefficient (Wildman–Crippen LogP) is 7.59. The molecule has 216 valence electrons. The highest BCUT2D eigenvalue weighted by Gasteiger charge is 2.24. The third-order valence-electron chi connectivity index (χ3n) is 7.73. The fourth-order valence-corrected chi connectivity index (χ4v) is 6.90. The fraction of sp³-hybridized carbons (Fsp3) is 0.387. The number of anilines is 1. The molecule has 1 amide bonds. The van der Waals surface area contributed by atoms with Gasteiger partial charge in [0.25, 0.3) is 5.91 Å². The summed E-state index contributed by atoms with van der Waals surface area (Å²) in [5, 5.41) is 14.2. The molecular weight excluding hydrogens is 562 g/mol. The predicted molar refractivity (Wildman–Crippen MR) is 163 cm³/mol. The second-order valence-electron chi connectivity index (χ2n) is 10.5. The molecule has 1 aliphatic carbocycles. The van der Waals surface area contributed by atoms with Gasteiger partial charge < -0.3 is 19.1 Å². The van der Waals surface area contributed by atoms with Crippen molar-refractivity contribution in [2.75, 3.05) is 19.5 Å². The molecular formula is C31H34ClN3O5S. The van der Waals surface area contributed by atoms with Crippen molar-refractivity contribution in [3.8, 4) is 22.8 Å². The van der Waals surface area contributed by atoms with Crippen LogP contribution in [-0.2, 0) is 17.8 Å². The van der Waals surface area contributed by atoms with E-state index >= 15 is 0 Å². The summed E-state index contributed by atoms with van der Waals surface area (Å²) in [6, 6.07) is 10.9. The zero-order valence-electron chi connectivity index (χ0n) is 23.5. The second kappa shape index (κ2) is 12.5. The van der Waals surface area contributed by atoms with Crippen LogP contribution in [0.3, 0.4) is 0 Å². The number of nitrogens with one attached hydrogen (secondary N) is 1. The van der Waals surface area contributed by atoms with Gasteiger partial charge in [0.1, 0.15) is 23.7 Å². The molecule has 1 aliphatic rings. The Labute approximate surface area is 248 Å². The molecule has 2 N–H and O–H groups in total. The van der Waals surface area contributed by atoms with Crippen LogP contribution in [0.4, 0.5) is 5.13 Å². The average molecular weight is 596 g/mol. The van der Waals surface area contributed by atoms with Crippen LogP contribution in [0.15, 0.2) is 36.4 Å². The third-order valence-corrected chi connectivity index (χ3v) is 9.06. The lowest BCUT2D eigenvalue weighted by molar-refractivity contribution is -0.137. The minimum Gasteiger partial charge on any atom is -0.496 e. The number of aryl methyl sites for hydroxylation is 2. The number of carbonyl (C=O) groups is 2. The first-order valence-electron chi connectivity index (χ1n) is 13.8. The number of thiazole rings is 1. The first kappa shape index (κ1) is 29.0. The molecule has 0 radical (unpaired) electrons. The van der Waals surface area contributed by atoms with Gasteiger partial charge in [0.2, 0.25) is 0 Å². The van der Waals surface area contributed by atoms with E-state index in [2.05, 4.69) is 5.32 Å². The molecule has 4 aromatic rings. The monoisotopic (exact) mass is 595 g/mol. The van der Waals surface area contributed by atoms with E-state index in [9.17, 15) is 14.7 Å². The van der Waals surface area contributed by atoms with Gasteiger partial charge in [-0.25, -0.2) is 4.98 Å². The summed E-state index contributed by atoms with van der Waals surface area (Å²) in [6.45, 7) is 1.63. The SMILES string of the molecule is COc1cc(-c2nc(NC(=O)c3cc4cc(C)ccc4n3CC(=O)O)sc2CCC2CCCCC2)c(OC)cc1Cl. The molecule has 0 spiro atoms. The number of nitrogens with zero attached hydrogens (tertiary/aromatic N) is 2. The number of rotatable bonds is 10. The molecule has 2 aromatic heterocycles. The summed E-state index contributed by atoms with van der Waals surface area (Å²) in [4.78, 5) is 31.1. The zero-order valence-corrected chi connectivity index (χ0v) is 25.0. The third kappa shape index (κ3) is 6.36. The van der Waals surface area contributed by atoms with Crippen molar-refractivity contribution in [3.05, 3.63) is 57.6 Å². The Hall–Kier alpha value is -3.56. The maximum absolute atomic E-state index is 13.6. The molecule has 0 unspecified atom stereocenters. The molecule has 2 heterocycles. The topological polar surface area (TPSA) is 103 Å². The molecule has 0 saturated heterocycles. The Morgan fingerprint density at radius 3 is 2.56 bits per heavy atom. The number of carbonyl (C=O) groups excluding carboxylic acids is 1. The normalized spacial score (nSPS) is 13.9. The highest BCUT2D eigenvalue weighted by atomic mass is 35.5. The van der Waals surface area contributed by atoms with Gasteiger partial charge in [0, 0.05) is 27.4 Å². The number of carboxylic acids is 1. The smallest absolute Gasteiger partial charge is 0.323 e. The Balaban J connectivity index is 1.51. The van der Waals surface area contributed by atoms with E-state index in [0.29, 0.717) is 33.1 Å². The first-order chi connectivity index (χ1) is 19.8. The summed E-state index contributed by atoms with van der Waals surface area (Å²) in [5.74, 6) is 0.304. The van der Waals surface area contributed by atoms with Gasteiger partial charge >= 0.3 is 5.97 Å². The molecule has 1 fully saturated rings. The van der Waals surface area contributed by atoms with Crippen molar-refractivity contribution in [1.82, 2.24) is 9.55 Å². The highest BCUT2D eigenvalue weighted by Crippen LogP contribution is 2.42. The number of fused-ring (bicyclic) bond motifs is 1. The number of aromatic nitrogens is 2. The molecule has 0 aliphatic heterocycles. The molecule has 5 rings (SSSR count). The number of amides is 1. The first-order valence-corrected chi connectivity index (χ1v) is 15.0. The average Bonchev–Trinajstić information content (AvgIpc) is 3.52. The van der Waals surface area contributed by atoms with Gasteiger partial charge in [-0.1, -0.05) is 55.3 Å². The summed E-state index contributed by atoms with van der Waals surface area (Å²) >= 11 is 7.82. The van der Waals surface area contributed by atoms with Crippen LogP contribution in [0, 0.1) is 12.8 Å². The maximum atomic E-state index is 13.6. The van der Waals surface area contributed by atoms with Crippen LogP contribution < -0.4 is 14.8 Å². The minimum absolute atomic E-state index is 0.263. The zero-order chi connectivity index (χ0) is 29.1. The van der Waals surface area contributed by atoms with E-state index in [1.54, 1.807) is 26.4 Å². The largest absolute Gasteiger partial charge is 0.496 e. The van der Waals surface area contributed by atoms with Crippen LogP contribution >= 0.6 is 22.9 Å². The Bertz CT molecular complexity index is 1590. The minimum atomic E-state index is -1.03. The lowest BCUT2D eigenvalue weighted by Crippen LogP contribution is -2.19. The van der Waals surface area contributed by atoms with E-state index in [1.165, 1.54) is 48.0 Å². The van der Waals surface area contributed by atoms with Gasteiger partial charge in [-0.3, -0.25) is 14.9 Å². The van der Waals surface area contributed by atoms with E-state index < -0.39 is 11.9 Å². The quantitative estimate of drug-likeness (QED) is 0.196. The molecule has 8 nitrogen and oxygen atoms in total. The lowest BCUT2D eigenvalue weighted by Gasteiger charge is -2.21. The second-order valence-corrected chi connectivity index (χ2v) is 12.0. The summed E-state index contributed by atoms with van der Waals surface area (Å²) in [7, 11) is 3.15. The number of hydrogen-bond donors (Lipinski definition) is 2. The number of hydrogen-bond acceptors (Lipinski definition) is 6. The van der Waals surface area contributed by atoms with Crippen molar-refractivity contribution < 1.29 is 24.2 Å². The Morgan fingerprint density at radius 1 is 1.10 bits per heavy atom. The van der Waals surface area contributed by atoms with Crippen LogP contribution in [0.1, 0.15) is 59.5 Å². The standard InChI is InChI=1S/C31H34ClN3O5S/c1-18-9-11-23-20(13-18)14-24(35(23)17-28(36)37)30(38)34-31-33-29(21-15-26(40-3)22(32)16-25(21)39-2)27(41-31)12-10-19-7-5-4-6-8-19/h9,11,13-16,19H,4-8,10,12,17H2,1-3H3,(H,36,37)(H,33,34,38). The van der Waals surface area contributed by atoms with Crippen molar-refractivity contribution in [3.63, 3.8) is 0 Å². The molecule has 41 heavy (non-hydrogen) atoms. The summed E-state index contributed by atoms with van der Waals surface area (Å²) < 4.78 is 12.7. The van der Waals surface area contributed by atoms with Gasteiger partial charge in [-0.05, 0) is 49.9 Å². The fourth-order valence-electron chi connectivity index (χ4n) is 5.69. The van der Waals surface area contributed by atoms with E-state index in [1.807, 2.05) is 31.2 Å². The van der Waals surface area contributed by atoms with E-state index in [-0.39, 0.29) is 12.2 Å². The highest BCUT2D eigenvalue weighted by molar-refractivity contribution is 7.16. The lowest BCUT2D eigenvalue weighted by atomic mass is 9.86. The van der Waals surface area contributed by atoms with Crippen molar-refractivity contribution >= 4 is 50.8 Å². The van der Waals surface area contributed by atoms with Crippen LogP contribution in [0.5, 0.6) is 11.5 Å². The van der Waals surface area contributed by atoms with Crippen molar-refractivity contribution in [2.24, 2.45) is 5.92 Å². The summed E-state index contributed by atoms with van der Waals surface area (Å²) in [6.07, 6.45) is 8.19. The van der Waals surface area contributed by atoms with E-state index in [0.717, 1.165) is 39.9 Å². The molecule has 1 saturated carbocycles. The number of carboxylic acid groups (broad SMARTS) is 1. The van der Waals surface area contributed by atoms with Gasteiger partial charge in [0.05, 0.1) is 24.9 Å².